The van der Waals surface area contributed by atoms with Crippen molar-refractivity contribution in [2.75, 3.05) is 13.2 Å². The summed E-state index contributed by atoms with van der Waals surface area (Å²) in [5.74, 6) is 0.359. The summed E-state index contributed by atoms with van der Waals surface area (Å²) in [7, 11) is 0. The summed E-state index contributed by atoms with van der Waals surface area (Å²) >= 11 is 5.50. The molecule has 1 aromatic carbocycles. The van der Waals surface area contributed by atoms with Crippen LogP contribution < -0.4 is 5.32 Å². The maximum atomic E-state index is 11.2. The van der Waals surface area contributed by atoms with Gasteiger partial charge in [-0.15, -0.1) is 0 Å². The average Bonchev–Trinajstić information content (AvgIpc) is 3.34. The number of aromatic nitrogens is 1. The molecule has 3 aromatic rings. The lowest BCUT2D eigenvalue weighted by Crippen LogP contribution is -2.32. The molecular formula is C22H21N3O4S. The average molecular weight is 423 g/mol. The van der Waals surface area contributed by atoms with Crippen molar-refractivity contribution in [3.05, 3.63) is 77.3 Å². The third kappa shape index (κ3) is 3.67. The smallest absolute Gasteiger partial charge is 0.335 e. The fraction of sp³-hybridized carbons (Fsp3) is 0.227. The quantitative estimate of drug-likeness (QED) is 0.520. The molecule has 30 heavy (non-hydrogen) atoms. The molecule has 1 fully saturated rings. The van der Waals surface area contributed by atoms with Crippen LogP contribution in [0.1, 0.15) is 39.5 Å². The van der Waals surface area contributed by atoms with Crippen LogP contribution in [0.3, 0.4) is 0 Å². The number of benzene rings is 1. The van der Waals surface area contributed by atoms with E-state index in [4.69, 9.17) is 16.6 Å². The SMILES string of the molecule is Cc1cc(C(=O)O)ccc1-c1ccc([C@@H]2[C@H](c3ccccn3)NC(=S)N2CCO)o1. The Morgan fingerprint density at radius 3 is 2.77 bits per heavy atom. The Hall–Kier alpha value is -3.23. The number of aliphatic hydroxyl groups is 1. The number of β-amino-alcohol motifs (C(OH)–C–C–N with tert-alkyl or cyclic N) is 1. The molecule has 0 radical (unpaired) electrons. The number of thiocarbonyl (C=S) groups is 1. The molecule has 2 atom stereocenters. The maximum Gasteiger partial charge on any atom is 0.335 e. The highest BCUT2D eigenvalue weighted by Gasteiger charge is 2.41. The van der Waals surface area contributed by atoms with Crippen LogP contribution in [0.4, 0.5) is 0 Å². The van der Waals surface area contributed by atoms with E-state index in [2.05, 4.69) is 10.3 Å². The van der Waals surface area contributed by atoms with Crippen LogP contribution in [0.5, 0.6) is 0 Å². The molecule has 1 saturated heterocycles. The maximum absolute atomic E-state index is 11.2. The molecule has 154 valence electrons. The Balaban J connectivity index is 1.72. The number of aryl methyl sites for hydroxylation is 1. The second-order valence-electron chi connectivity index (χ2n) is 7.08. The van der Waals surface area contributed by atoms with E-state index in [1.54, 1.807) is 24.4 Å². The van der Waals surface area contributed by atoms with Crippen LogP contribution in [0, 0.1) is 6.92 Å². The highest BCUT2D eigenvalue weighted by Crippen LogP contribution is 2.40. The van der Waals surface area contributed by atoms with Crippen LogP contribution >= 0.6 is 12.2 Å². The number of carboxylic acid groups (broad SMARTS) is 1. The highest BCUT2D eigenvalue weighted by molar-refractivity contribution is 7.80. The van der Waals surface area contributed by atoms with Crippen molar-refractivity contribution >= 4 is 23.3 Å². The lowest BCUT2D eigenvalue weighted by molar-refractivity contribution is 0.0696. The van der Waals surface area contributed by atoms with E-state index < -0.39 is 5.97 Å². The third-order valence-electron chi connectivity index (χ3n) is 5.20. The largest absolute Gasteiger partial charge is 0.478 e. The lowest BCUT2D eigenvalue weighted by atomic mass is 10.0. The Morgan fingerprint density at radius 1 is 1.27 bits per heavy atom. The molecule has 8 heteroatoms. The molecule has 0 aliphatic carbocycles. The van der Waals surface area contributed by atoms with Gasteiger partial charge in [-0.25, -0.2) is 4.79 Å². The zero-order chi connectivity index (χ0) is 21.3. The molecule has 0 bridgehead atoms. The summed E-state index contributed by atoms with van der Waals surface area (Å²) in [5, 5.41) is 22.5. The molecular weight excluding hydrogens is 402 g/mol. The van der Waals surface area contributed by atoms with Gasteiger partial charge in [0.25, 0.3) is 0 Å². The second kappa shape index (κ2) is 8.25. The molecule has 0 amide bonds. The Kier molecular flexibility index (Phi) is 5.52. The van der Waals surface area contributed by atoms with Crippen molar-refractivity contribution in [1.82, 2.24) is 15.2 Å². The number of aromatic carboxylic acids is 1. The van der Waals surface area contributed by atoms with Crippen LogP contribution in [0.15, 0.2) is 59.1 Å². The topological polar surface area (TPSA) is 98.8 Å². The zero-order valence-electron chi connectivity index (χ0n) is 16.3. The van der Waals surface area contributed by atoms with Crippen molar-refractivity contribution < 1.29 is 19.4 Å². The normalized spacial score (nSPS) is 18.5. The van der Waals surface area contributed by atoms with Crippen molar-refractivity contribution in [1.29, 1.82) is 0 Å². The minimum Gasteiger partial charge on any atom is -0.478 e. The van der Waals surface area contributed by atoms with Crippen molar-refractivity contribution in [2.24, 2.45) is 0 Å². The van der Waals surface area contributed by atoms with Gasteiger partial charge in [0.2, 0.25) is 0 Å². The first-order valence-corrected chi connectivity index (χ1v) is 9.93. The molecule has 4 rings (SSSR count). The summed E-state index contributed by atoms with van der Waals surface area (Å²) in [6.07, 6.45) is 1.73. The molecule has 3 heterocycles. The van der Waals surface area contributed by atoms with Gasteiger partial charge in [-0.05, 0) is 61.1 Å². The van der Waals surface area contributed by atoms with Gasteiger partial charge in [0.1, 0.15) is 17.6 Å². The molecule has 1 aliphatic heterocycles. The minimum atomic E-state index is -0.965. The summed E-state index contributed by atoms with van der Waals surface area (Å²) in [5.41, 5.74) is 2.69. The van der Waals surface area contributed by atoms with Crippen molar-refractivity contribution in [3.63, 3.8) is 0 Å². The van der Waals surface area contributed by atoms with E-state index in [0.29, 0.717) is 23.2 Å². The predicted molar refractivity (Wildman–Crippen MR) is 115 cm³/mol. The number of carboxylic acids is 1. The minimum absolute atomic E-state index is 0.0451. The van der Waals surface area contributed by atoms with Crippen LogP contribution in [-0.4, -0.2) is 44.3 Å². The molecule has 0 unspecified atom stereocenters. The fourth-order valence-corrected chi connectivity index (χ4v) is 4.12. The standard InChI is InChI=1S/C22H21N3O4S/c1-13-12-14(21(27)28)5-6-15(13)17-7-8-18(29-17)20-19(16-4-2-3-9-23-16)24-22(30)25(20)10-11-26/h2-9,12,19-20,26H,10-11H2,1H3,(H,24,30)(H,27,28)/t19-,20+/m0/s1. The first kappa shape index (κ1) is 20.1. The molecule has 1 aliphatic rings. The van der Waals surface area contributed by atoms with Gasteiger partial charge in [-0.2, -0.15) is 0 Å². The Bertz CT molecular complexity index is 1080. The summed E-state index contributed by atoms with van der Waals surface area (Å²) in [4.78, 5) is 17.6. The van der Waals surface area contributed by atoms with Gasteiger partial charge in [-0.3, -0.25) is 4.98 Å². The summed E-state index contributed by atoms with van der Waals surface area (Å²) in [6.45, 7) is 2.17. The molecule has 0 spiro atoms. The number of rotatable bonds is 6. The second-order valence-corrected chi connectivity index (χ2v) is 7.47. The monoisotopic (exact) mass is 423 g/mol. The van der Waals surface area contributed by atoms with Crippen LogP contribution in [-0.2, 0) is 0 Å². The fourth-order valence-electron chi connectivity index (χ4n) is 3.79. The number of carbonyl (C=O) groups is 1. The van der Waals surface area contributed by atoms with E-state index in [1.165, 1.54) is 0 Å². The first-order chi connectivity index (χ1) is 14.5. The highest BCUT2D eigenvalue weighted by atomic mass is 32.1. The summed E-state index contributed by atoms with van der Waals surface area (Å²) < 4.78 is 6.21. The van der Waals surface area contributed by atoms with E-state index in [-0.39, 0.29) is 24.3 Å². The van der Waals surface area contributed by atoms with Gasteiger partial charge in [0.05, 0.1) is 23.9 Å². The van der Waals surface area contributed by atoms with Gasteiger partial charge in [0.15, 0.2) is 5.11 Å². The van der Waals surface area contributed by atoms with E-state index in [1.807, 2.05) is 42.2 Å². The lowest BCUT2D eigenvalue weighted by Gasteiger charge is -2.25. The number of hydrogen-bond acceptors (Lipinski definition) is 5. The summed E-state index contributed by atoms with van der Waals surface area (Å²) in [6, 6.07) is 13.9. The molecule has 7 nitrogen and oxygen atoms in total. The van der Waals surface area contributed by atoms with Crippen LogP contribution in [0.25, 0.3) is 11.3 Å². The van der Waals surface area contributed by atoms with Crippen LogP contribution in [0.2, 0.25) is 0 Å². The zero-order valence-corrected chi connectivity index (χ0v) is 17.1. The number of furan rings is 1. The van der Waals surface area contributed by atoms with Crippen molar-refractivity contribution in [3.8, 4) is 11.3 Å². The molecule has 3 N–H and O–H groups in total. The number of nitrogens with zero attached hydrogens (tertiary/aromatic N) is 2. The van der Waals surface area contributed by atoms with Gasteiger partial charge >= 0.3 is 5.97 Å². The van der Waals surface area contributed by atoms with Gasteiger partial charge < -0.3 is 24.8 Å². The van der Waals surface area contributed by atoms with E-state index in [9.17, 15) is 15.0 Å². The third-order valence-corrected chi connectivity index (χ3v) is 5.55. The van der Waals surface area contributed by atoms with Gasteiger partial charge in [-0.1, -0.05) is 12.1 Å². The number of nitrogens with one attached hydrogen (secondary N) is 1. The predicted octanol–water partition coefficient (Wildman–Crippen LogP) is 3.31. The molecule has 2 aromatic heterocycles. The molecule has 0 saturated carbocycles. The van der Waals surface area contributed by atoms with E-state index >= 15 is 0 Å². The van der Waals surface area contributed by atoms with Gasteiger partial charge in [0, 0.05) is 18.3 Å². The number of aliphatic hydroxyl groups excluding tert-OH is 1. The van der Waals surface area contributed by atoms with Crippen molar-refractivity contribution in [2.45, 2.75) is 19.0 Å². The number of hydrogen-bond donors (Lipinski definition) is 3. The number of pyridine rings is 1. The van der Waals surface area contributed by atoms with E-state index in [0.717, 1.165) is 16.8 Å². The Morgan fingerprint density at radius 2 is 2.10 bits per heavy atom. The Labute approximate surface area is 179 Å². The first-order valence-electron chi connectivity index (χ1n) is 9.52.